The summed E-state index contributed by atoms with van der Waals surface area (Å²) in [6.07, 6.45) is 22.7. The Balaban J connectivity index is 3.65. The maximum Gasteiger partial charge on any atom is 0.306 e. The van der Waals surface area contributed by atoms with Crippen molar-refractivity contribution in [3.63, 3.8) is 0 Å². The number of carbonyl (C=O) groups excluding carboxylic acids is 2. The quantitative estimate of drug-likeness (QED) is 0.102. The highest BCUT2D eigenvalue weighted by molar-refractivity contribution is 5.70. The molecule has 188 valence electrons. The van der Waals surface area contributed by atoms with Crippen LogP contribution in [0.3, 0.4) is 0 Å². The molecule has 5 nitrogen and oxygen atoms in total. The molecule has 0 aliphatic heterocycles. The van der Waals surface area contributed by atoms with Crippen LogP contribution in [0.25, 0.3) is 0 Å². The second-order valence-electron chi connectivity index (χ2n) is 8.77. The van der Waals surface area contributed by atoms with E-state index < -0.39 is 6.10 Å². The largest absolute Gasteiger partial charge is 0.462 e. The van der Waals surface area contributed by atoms with Crippen LogP contribution in [0, 0.1) is 0 Å². The first-order chi connectivity index (χ1) is 15.6. The van der Waals surface area contributed by atoms with E-state index in [1.54, 1.807) is 0 Å². The maximum absolute atomic E-state index is 12.0. The predicted octanol–water partition coefficient (Wildman–Crippen LogP) is 7.05. The normalized spacial score (nSPS) is 12.2. The monoisotopic (exact) mass is 454 g/mol. The fourth-order valence-corrected chi connectivity index (χ4v) is 3.47. The second-order valence-corrected chi connectivity index (χ2v) is 8.77. The van der Waals surface area contributed by atoms with Gasteiger partial charge in [-0.15, -0.1) is 0 Å². The molecule has 1 unspecified atom stereocenters. The average molecular weight is 455 g/mol. The van der Waals surface area contributed by atoms with Crippen molar-refractivity contribution in [1.29, 1.82) is 0 Å². The lowest BCUT2D eigenvalue weighted by molar-refractivity contribution is -0.161. The Kier molecular flexibility index (Phi) is 23.3. The lowest BCUT2D eigenvalue weighted by Crippen LogP contribution is -2.28. The van der Waals surface area contributed by atoms with Gasteiger partial charge in [-0.25, -0.2) is 0 Å². The number of aliphatic hydroxyl groups excluding tert-OH is 1. The number of carbonyl (C=O) groups is 2. The van der Waals surface area contributed by atoms with Gasteiger partial charge in [0.15, 0.2) is 6.10 Å². The third-order valence-electron chi connectivity index (χ3n) is 5.56. The molecule has 0 saturated carbocycles. The molecule has 0 aromatic heterocycles. The molecule has 5 heteroatoms. The van der Waals surface area contributed by atoms with Crippen LogP contribution in [-0.4, -0.2) is 36.4 Å². The third kappa shape index (κ3) is 21.9. The zero-order chi connectivity index (χ0) is 23.7. The molecule has 0 spiro atoms. The smallest absolute Gasteiger partial charge is 0.306 e. The van der Waals surface area contributed by atoms with Crippen molar-refractivity contribution in [1.82, 2.24) is 0 Å². The van der Waals surface area contributed by atoms with Crippen molar-refractivity contribution in [2.45, 2.75) is 136 Å². The molecule has 1 atom stereocenters. The topological polar surface area (TPSA) is 72.8 Å². The molecule has 1 N–H and O–H groups in total. The molecule has 32 heavy (non-hydrogen) atoms. The van der Waals surface area contributed by atoms with Gasteiger partial charge in [0.05, 0.1) is 6.61 Å². The van der Waals surface area contributed by atoms with Gasteiger partial charge in [0.2, 0.25) is 0 Å². The van der Waals surface area contributed by atoms with Crippen LogP contribution in [0.1, 0.15) is 129 Å². The van der Waals surface area contributed by atoms with Gasteiger partial charge in [-0.2, -0.15) is 0 Å². The van der Waals surface area contributed by atoms with Crippen molar-refractivity contribution in [2.24, 2.45) is 0 Å². The standard InChI is InChI=1S/C27H50O5/c1-3-5-7-9-11-12-13-14-16-18-20-22-27(30)32-25(23-28)24-31-26(29)21-19-17-15-10-8-6-4-2/h9,11,25,28H,3-8,10,12-24H2,1-2H3/b11-9-. The fraction of sp³-hybridized carbons (Fsp3) is 0.852. The van der Waals surface area contributed by atoms with Crippen LogP contribution in [0.4, 0.5) is 0 Å². The Morgan fingerprint density at radius 1 is 0.688 bits per heavy atom. The Labute approximate surface area is 197 Å². The van der Waals surface area contributed by atoms with Crippen LogP contribution in [-0.2, 0) is 19.1 Å². The number of hydrogen-bond acceptors (Lipinski definition) is 5. The number of hydrogen-bond donors (Lipinski definition) is 1. The first kappa shape index (κ1) is 30.6. The van der Waals surface area contributed by atoms with E-state index in [0.29, 0.717) is 12.8 Å². The summed E-state index contributed by atoms with van der Waals surface area (Å²) in [7, 11) is 0. The van der Waals surface area contributed by atoms with Gasteiger partial charge in [0.1, 0.15) is 6.61 Å². The Morgan fingerprint density at radius 2 is 1.19 bits per heavy atom. The van der Waals surface area contributed by atoms with Gasteiger partial charge >= 0.3 is 11.9 Å². The van der Waals surface area contributed by atoms with Gasteiger partial charge < -0.3 is 14.6 Å². The minimum absolute atomic E-state index is 0.0661. The summed E-state index contributed by atoms with van der Waals surface area (Å²) in [5.74, 6) is -0.612. The summed E-state index contributed by atoms with van der Waals surface area (Å²) in [5, 5.41) is 9.39. The predicted molar refractivity (Wildman–Crippen MR) is 132 cm³/mol. The van der Waals surface area contributed by atoms with Crippen LogP contribution < -0.4 is 0 Å². The molecule has 0 amide bonds. The van der Waals surface area contributed by atoms with Crippen LogP contribution in [0.5, 0.6) is 0 Å². The highest BCUT2D eigenvalue weighted by atomic mass is 16.6. The molecule has 0 fully saturated rings. The third-order valence-corrected chi connectivity index (χ3v) is 5.56. The molecule has 0 bridgehead atoms. The van der Waals surface area contributed by atoms with Gasteiger partial charge in [-0.3, -0.25) is 9.59 Å². The Hall–Kier alpha value is -1.36. The van der Waals surface area contributed by atoms with E-state index in [1.165, 1.54) is 57.8 Å². The minimum Gasteiger partial charge on any atom is -0.462 e. The van der Waals surface area contributed by atoms with E-state index in [0.717, 1.165) is 44.9 Å². The highest BCUT2D eigenvalue weighted by Gasteiger charge is 2.16. The lowest BCUT2D eigenvalue weighted by Gasteiger charge is -2.15. The van der Waals surface area contributed by atoms with Crippen LogP contribution in [0.15, 0.2) is 12.2 Å². The summed E-state index contributed by atoms with van der Waals surface area (Å²) >= 11 is 0. The van der Waals surface area contributed by atoms with Crippen molar-refractivity contribution >= 4 is 11.9 Å². The molecule has 0 aromatic carbocycles. The van der Waals surface area contributed by atoms with Crippen LogP contribution in [0.2, 0.25) is 0 Å². The minimum atomic E-state index is -0.764. The highest BCUT2D eigenvalue weighted by Crippen LogP contribution is 2.11. The number of aliphatic hydroxyl groups is 1. The summed E-state index contributed by atoms with van der Waals surface area (Å²) in [5.41, 5.74) is 0. The number of ether oxygens (including phenoxy) is 2. The second kappa shape index (κ2) is 24.3. The summed E-state index contributed by atoms with van der Waals surface area (Å²) in [6, 6.07) is 0. The zero-order valence-electron chi connectivity index (χ0n) is 21.0. The zero-order valence-corrected chi connectivity index (χ0v) is 21.0. The van der Waals surface area contributed by atoms with Crippen molar-refractivity contribution in [2.75, 3.05) is 13.2 Å². The Bertz CT molecular complexity index is 461. The van der Waals surface area contributed by atoms with E-state index in [-0.39, 0.29) is 25.2 Å². The average Bonchev–Trinajstić information content (AvgIpc) is 2.79. The summed E-state index contributed by atoms with van der Waals surface area (Å²) < 4.78 is 10.4. The number of unbranched alkanes of at least 4 members (excludes halogenated alkanes) is 13. The van der Waals surface area contributed by atoms with E-state index >= 15 is 0 Å². The number of esters is 2. The van der Waals surface area contributed by atoms with Crippen molar-refractivity contribution < 1.29 is 24.2 Å². The van der Waals surface area contributed by atoms with Crippen molar-refractivity contribution in [3.05, 3.63) is 12.2 Å². The molecule has 0 saturated heterocycles. The summed E-state index contributed by atoms with van der Waals surface area (Å²) in [4.78, 5) is 23.8. The Morgan fingerprint density at radius 3 is 1.78 bits per heavy atom. The van der Waals surface area contributed by atoms with E-state index in [2.05, 4.69) is 26.0 Å². The molecule has 0 aliphatic carbocycles. The van der Waals surface area contributed by atoms with Gasteiger partial charge in [0, 0.05) is 12.8 Å². The van der Waals surface area contributed by atoms with E-state index in [1.807, 2.05) is 0 Å². The van der Waals surface area contributed by atoms with Gasteiger partial charge in [0.25, 0.3) is 0 Å². The van der Waals surface area contributed by atoms with Crippen LogP contribution >= 0.6 is 0 Å². The van der Waals surface area contributed by atoms with E-state index in [4.69, 9.17) is 9.47 Å². The molecule has 0 heterocycles. The first-order valence-electron chi connectivity index (χ1n) is 13.2. The maximum atomic E-state index is 12.0. The van der Waals surface area contributed by atoms with Gasteiger partial charge in [-0.1, -0.05) is 96.6 Å². The summed E-state index contributed by atoms with van der Waals surface area (Å²) in [6.45, 7) is 4.01. The molecular formula is C27H50O5. The number of rotatable bonds is 23. The SMILES string of the molecule is CCCC/C=C\CCCCCCCC(=O)OC(CO)COC(=O)CCCCCCCCC. The molecule has 0 aromatic rings. The molecule has 0 rings (SSSR count). The molecule has 0 radical (unpaired) electrons. The number of allylic oxidation sites excluding steroid dienone is 2. The first-order valence-corrected chi connectivity index (χ1v) is 13.2. The van der Waals surface area contributed by atoms with Crippen molar-refractivity contribution in [3.8, 4) is 0 Å². The molecular weight excluding hydrogens is 404 g/mol. The van der Waals surface area contributed by atoms with Gasteiger partial charge in [-0.05, 0) is 32.1 Å². The fourth-order valence-electron chi connectivity index (χ4n) is 3.47. The molecule has 0 aliphatic rings. The van der Waals surface area contributed by atoms with E-state index in [9.17, 15) is 14.7 Å². The lowest BCUT2D eigenvalue weighted by atomic mass is 10.1.